The summed E-state index contributed by atoms with van der Waals surface area (Å²) >= 11 is 3.47. The minimum absolute atomic E-state index is 0.467. The zero-order valence-electron chi connectivity index (χ0n) is 10.8. The average Bonchev–Trinajstić information content (AvgIpc) is 2.92. The fraction of sp³-hybridized carbons (Fsp3) is 0.133. The molecule has 5 heteroatoms. The normalized spacial score (nSPS) is 12.6. The summed E-state index contributed by atoms with van der Waals surface area (Å²) in [6.07, 6.45) is 1.69. The van der Waals surface area contributed by atoms with E-state index in [0.717, 1.165) is 15.4 Å². The third-order valence-electron chi connectivity index (χ3n) is 3.14. The summed E-state index contributed by atoms with van der Waals surface area (Å²) in [6.45, 7) is 0. The van der Waals surface area contributed by atoms with Crippen molar-refractivity contribution in [3.05, 3.63) is 58.5 Å². The molecule has 0 saturated carbocycles. The van der Waals surface area contributed by atoms with Crippen molar-refractivity contribution in [3.8, 4) is 5.75 Å². The maximum Gasteiger partial charge on any atom is 0.148 e. The Labute approximate surface area is 124 Å². The molecule has 2 N–H and O–H groups in total. The Balaban J connectivity index is 2.08. The van der Waals surface area contributed by atoms with Gasteiger partial charge in [-0.2, -0.15) is 0 Å². The lowest BCUT2D eigenvalue weighted by molar-refractivity contribution is 0.400. The van der Waals surface area contributed by atoms with E-state index >= 15 is 0 Å². The highest BCUT2D eigenvalue weighted by atomic mass is 79.9. The number of hydrogen-bond donors (Lipinski definition) is 1. The minimum Gasteiger partial charge on any atom is -0.495 e. The number of aromatic nitrogens is 1. The van der Waals surface area contributed by atoms with Gasteiger partial charge in [0.15, 0.2) is 0 Å². The number of halogens is 1. The van der Waals surface area contributed by atoms with E-state index in [2.05, 4.69) is 20.9 Å². The van der Waals surface area contributed by atoms with Gasteiger partial charge in [-0.1, -0.05) is 12.1 Å². The van der Waals surface area contributed by atoms with Crippen LogP contribution in [0.15, 0.2) is 51.5 Å². The van der Waals surface area contributed by atoms with E-state index in [1.165, 1.54) is 0 Å². The first kappa shape index (κ1) is 13.1. The number of nitrogens with two attached hydrogens (primary N) is 1. The van der Waals surface area contributed by atoms with Crippen LogP contribution >= 0.6 is 15.9 Å². The van der Waals surface area contributed by atoms with Crippen LogP contribution in [-0.4, -0.2) is 12.1 Å². The number of pyridine rings is 1. The SMILES string of the molecule is COc1cccnc1C(N)c1cc2cccc(Br)c2o1. The van der Waals surface area contributed by atoms with Gasteiger partial charge in [-0.25, -0.2) is 0 Å². The van der Waals surface area contributed by atoms with Gasteiger partial charge < -0.3 is 14.9 Å². The Kier molecular flexibility index (Phi) is 3.46. The maximum absolute atomic E-state index is 6.26. The number of fused-ring (bicyclic) bond motifs is 1. The molecule has 0 amide bonds. The van der Waals surface area contributed by atoms with Gasteiger partial charge in [0.05, 0.1) is 11.6 Å². The second kappa shape index (κ2) is 5.26. The van der Waals surface area contributed by atoms with Crippen LogP contribution in [0.4, 0.5) is 0 Å². The highest BCUT2D eigenvalue weighted by molar-refractivity contribution is 9.10. The number of methoxy groups -OCH3 is 1. The average molecular weight is 333 g/mol. The van der Waals surface area contributed by atoms with Gasteiger partial charge in [0, 0.05) is 11.6 Å². The van der Waals surface area contributed by atoms with Crippen molar-refractivity contribution in [3.63, 3.8) is 0 Å². The number of para-hydroxylation sites is 1. The molecule has 0 radical (unpaired) electrons. The van der Waals surface area contributed by atoms with Crippen molar-refractivity contribution in [2.75, 3.05) is 7.11 Å². The van der Waals surface area contributed by atoms with Crippen LogP contribution in [0.2, 0.25) is 0 Å². The molecule has 2 heterocycles. The Morgan fingerprint density at radius 2 is 2.15 bits per heavy atom. The molecule has 0 aliphatic rings. The number of hydrogen-bond acceptors (Lipinski definition) is 4. The number of furan rings is 1. The smallest absolute Gasteiger partial charge is 0.148 e. The fourth-order valence-corrected chi connectivity index (χ4v) is 2.61. The zero-order chi connectivity index (χ0) is 14.1. The molecule has 0 spiro atoms. The molecule has 20 heavy (non-hydrogen) atoms. The Bertz CT molecular complexity index is 754. The van der Waals surface area contributed by atoms with Crippen molar-refractivity contribution in [1.29, 1.82) is 0 Å². The first-order valence-corrected chi connectivity index (χ1v) is 6.92. The standard InChI is InChI=1S/C15H13BrN2O2/c1-19-11-6-3-7-18-14(11)13(17)12-8-9-4-2-5-10(16)15(9)20-12/h2-8,13H,17H2,1H3. The summed E-state index contributed by atoms with van der Waals surface area (Å²) in [5.74, 6) is 1.31. The Morgan fingerprint density at radius 3 is 2.90 bits per heavy atom. The van der Waals surface area contributed by atoms with Gasteiger partial charge in [-0.3, -0.25) is 4.98 Å². The van der Waals surface area contributed by atoms with Crippen LogP contribution in [0.3, 0.4) is 0 Å². The lowest BCUT2D eigenvalue weighted by atomic mass is 10.1. The van der Waals surface area contributed by atoms with Gasteiger partial charge in [-0.15, -0.1) is 0 Å². The van der Waals surface area contributed by atoms with Crippen LogP contribution in [0.1, 0.15) is 17.5 Å². The van der Waals surface area contributed by atoms with Crippen molar-refractivity contribution in [2.45, 2.75) is 6.04 Å². The van der Waals surface area contributed by atoms with Crippen LogP contribution in [0.25, 0.3) is 11.0 Å². The summed E-state index contributed by atoms with van der Waals surface area (Å²) in [6, 6.07) is 11.0. The molecule has 3 rings (SSSR count). The fourth-order valence-electron chi connectivity index (χ4n) is 2.14. The molecular weight excluding hydrogens is 320 g/mol. The molecule has 0 aliphatic heterocycles. The molecule has 4 nitrogen and oxygen atoms in total. The van der Waals surface area contributed by atoms with E-state index in [9.17, 15) is 0 Å². The highest BCUT2D eigenvalue weighted by Crippen LogP contribution is 2.32. The third-order valence-corrected chi connectivity index (χ3v) is 3.76. The van der Waals surface area contributed by atoms with Crippen LogP contribution in [0, 0.1) is 0 Å². The number of ether oxygens (including phenoxy) is 1. The molecule has 0 bridgehead atoms. The summed E-state index contributed by atoms with van der Waals surface area (Å²) in [5, 5.41) is 1.000. The predicted molar refractivity (Wildman–Crippen MR) is 80.7 cm³/mol. The van der Waals surface area contributed by atoms with E-state index in [1.54, 1.807) is 13.3 Å². The topological polar surface area (TPSA) is 61.3 Å². The molecule has 0 aliphatic carbocycles. The van der Waals surface area contributed by atoms with Gasteiger partial charge >= 0.3 is 0 Å². The number of benzene rings is 1. The second-order valence-electron chi connectivity index (χ2n) is 4.38. The zero-order valence-corrected chi connectivity index (χ0v) is 12.4. The highest BCUT2D eigenvalue weighted by Gasteiger charge is 2.19. The molecule has 1 aromatic carbocycles. The summed E-state index contributed by atoms with van der Waals surface area (Å²) < 4.78 is 12.0. The molecule has 0 saturated heterocycles. The van der Waals surface area contributed by atoms with Gasteiger partial charge in [0.25, 0.3) is 0 Å². The largest absolute Gasteiger partial charge is 0.495 e. The van der Waals surface area contributed by atoms with Crippen molar-refractivity contribution >= 4 is 26.9 Å². The monoisotopic (exact) mass is 332 g/mol. The van der Waals surface area contributed by atoms with Crippen LogP contribution < -0.4 is 10.5 Å². The first-order chi connectivity index (χ1) is 9.70. The lowest BCUT2D eigenvalue weighted by Crippen LogP contribution is -2.13. The molecule has 1 atom stereocenters. The summed E-state index contributed by atoms with van der Waals surface area (Å²) in [7, 11) is 1.60. The van der Waals surface area contributed by atoms with E-state index in [0.29, 0.717) is 17.2 Å². The Hall–Kier alpha value is -1.85. The first-order valence-electron chi connectivity index (χ1n) is 6.13. The predicted octanol–water partition coefficient (Wildman–Crippen LogP) is 3.65. The molecule has 3 aromatic rings. The van der Waals surface area contributed by atoms with Gasteiger partial charge in [0.1, 0.15) is 28.8 Å². The van der Waals surface area contributed by atoms with Crippen molar-refractivity contribution in [1.82, 2.24) is 4.98 Å². The molecule has 1 unspecified atom stereocenters. The molecule has 2 aromatic heterocycles. The third kappa shape index (κ3) is 2.19. The van der Waals surface area contributed by atoms with Crippen LogP contribution in [-0.2, 0) is 0 Å². The summed E-state index contributed by atoms with van der Waals surface area (Å²) in [5.41, 5.74) is 7.70. The molecule has 0 fully saturated rings. The summed E-state index contributed by atoms with van der Waals surface area (Å²) in [4.78, 5) is 4.30. The van der Waals surface area contributed by atoms with E-state index in [1.807, 2.05) is 36.4 Å². The van der Waals surface area contributed by atoms with E-state index in [-0.39, 0.29) is 0 Å². The maximum atomic E-state index is 6.26. The quantitative estimate of drug-likeness (QED) is 0.795. The second-order valence-corrected chi connectivity index (χ2v) is 5.23. The Morgan fingerprint density at radius 1 is 1.30 bits per heavy atom. The molecular formula is C15H13BrN2O2. The van der Waals surface area contributed by atoms with Crippen molar-refractivity contribution < 1.29 is 9.15 Å². The van der Waals surface area contributed by atoms with Gasteiger partial charge in [0.2, 0.25) is 0 Å². The lowest BCUT2D eigenvalue weighted by Gasteiger charge is -2.11. The van der Waals surface area contributed by atoms with Gasteiger partial charge in [-0.05, 0) is 40.2 Å². The van der Waals surface area contributed by atoms with Crippen molar-refractivity contribution in [2.24, 2.45) is 5.73 Å². The minimum atomic E-state index is -0.467. The van der Waals surface area contributed by atoms with E-state index < -0.39 is 6.04 Å². The molecule has 102 valence electrons. The van der Waals surface area contributed by atoms with Crippen LogP contribution in [0.5, 0.6) is 5.75 Å². The number of nitrogens with zero attached hydrogens (tertiary/aromatic N) is 1. The van der Waals surface area contributed by atoms with E-state index in [4.69, 9.17) is 14.9 Å². The number of rotatable bonds is 3.